The lowest BCUT2D eigenvalue weighted by Gasteiger charge is -2.04. The van der Waals surface area contributed by atoms with Crippen molar-refractivity contribution in [2.75, 3.05) is 0 Å². The van der Waals surface area contributed by atoms with E-state index in [1.54, 1.807) is 31.6 Å². The second-order valence-corrected chi connectivity index (χ2v) is 3.82. The second-order valence-electron chi connectivity index (χ2n) is 3.82. The average molecular weight is 219 g/mol. The van der Waals surface area contributed by atoms with E-state index in [4.69, 9.17) is 4.42 Å². The van der Waals surface area contributed by atoms with Crippen LogP contribution in [-0.4, -0.2) is 0 Å². The summed E-state index contributed by atoms with van der Waals surface area (Å²) in [6, 6.07) is 7.20. The van der Waals surface area contributed by atoms with E-state index in [-0.39, 0.29) is 5.82 Å². The van der Waals surface area contributed by atoms with Crippen LogP contribution in [-0.2, 0) is 13.1 Å². The van der Waals surface area contributed by atoms with Crippen LogP contribution in [0, 0.1) is 12.7 Å². The van der Waals surface area contributed by atoms with Gasteiger partial charge in [-0.1, -0.05) is 12.1 Å². The van der Waals surface area contributed by atoms with Gasteiger partial charge in [-0.05, 0) is 30.2 Å². The molecule has 0 amide bonds. The molecule has 2 rings (SSSR count). The average Bonchev–Trinajstić information content (AvgIpc) is 2.76. The number of hydrogen-bond donors (Lipinski definition) is 1. The Bertz CT molecular complexity index is 451. The molecule has 1 aromatic heterocycles. The van der Waals surface area contributed by atoms with E-state index in [0.29, 0.717) is 12.1 Å². The molecule has 0 fully saturated rings. The summed E-state index contributed by atoms with van der Waals surface area (Å²) >= 11 is 0. The topological polar surface area (TPSA) is 25.2 Å². The first-order valence-corrected chi connectivity index (χ1v) is 5.22. The predicted octanol–water partition coefficient (Wildman–Crippen LogP) is 3.02. The van der Waals surface area contributed by atoms with E-state index in [0.717, 1.165) is 17.7 Å². The van der Waals surface area contributed by atoms with Crippen molar-refractivity contribution in [1.82, 2.24) is 5.32 Å². The summed E-state index contributed by atoms with van der Waals surface area (Å²) in [6.45, 7) is 3.15. The maximum atomic E-state index is 13.2. The van der Waals surface area contributed by atoms with Crippen LogP contribution in [0.5, 0.6) is 0 Å². The van der Waals surface area contributed by atoms with E-state index in [2.05, 4.69) is 5.32 Å². The molecule has 0 saturated heterocycles. The van der Waals surface area contributed by atoms with Crippen molar-refractivity contribution in [1.29, 1.82) is 0 Å². The minimum atomic E-state index is -0.150. The van der Waals surface area contributed by atoms with Crippen molar-refractivity contribution in [3.8, 4) is 0 Å². The zero-order chi connectivity index (χ0) is 11.4. The van der Waals surface area contributed by atoms with Gasteiger partial charge in [0.25, 0.3) is 0 Å². The fraction of sp³-hybridized carbons (Fsp3) is 0.231. The lowest BCUT2D eigenvalue weighted by atomic mass is 10.1. The van der Waals surface area contributed by atoms with E-state index >= 15 is 0 Å². The third kappa shape index (κ3) is 2.70. The summed E-state index contributed by atoms with van der Waals surface area (Å²) in [5.74, 6) is -0.150. The molecule has 84 valence electrons. The summed E-state index contributed by atoms with van der Waals surface area (Å²) in [4.78, 5) is 0. The van der Waals surface area contributed by atoms with E-state index in [9.17, 15) is 4.39 Å². The van der Waals surface area contributed by atoms with Gasteiger partial charge in [-0.25, -0.2) is 4.39 Å². The molecule has 0 aliphatic heterocycles. The molecule has 0 atom stereocenters. The van der Waals surface area contributed by atoms with E-state index in [1.165, 1.54) is 0 Å². The quantitative estimate of drug-likeness (QED) is 0.855. The Labute approximate surface area is 94.1 Å². The molecule has 0 unspecified atom stereocenters. The first-order valence-electron chi connectivity index (χ1n) is 5.22. The number of hydrogen-bond acceptors (Lipinski definition) is 2. The van der Waals surface area contributed by atoms with Crippen LogP contribution in [0.4, 0.5) is 4.39 Å². The molecule has 0 radical (unpaired) electrons. The van der Waals surface area contributed by atoms with Gasteiger partial charge in [-0.3, -0.25) is 0 Å². The van der Waals surface area contributed by atoms with Crippen LogP contribution >= 0.6 is 0 Å². The maximum Gasteiger partial charge on any atom is 0.126 e. The van der Waals surface area contributed by atoms with Crippen molar-refractivity contribution in [2.45, 2.75) is 20.0 Å². The Kier molecular flexibility index (Phi) is 3.37. The van der Waals surface area contributed by atoms with Crippen LogP contribution in [0.25, 0.3) is 0 Å². The highest BCUT2D eigenvalue weighted by Gasteiger charge is 1.99. The number of halogens is 1. The van der Waals surface area contributed by atoms with E-state index < -0.39 is 0 Å². The predicted molar refractivity (Wildman–Crippen MR) is 60.4 cm³/mol. The minimum Gasteiger partial charge on any atom is -0.472 e. The monoisotopic (exact) mass is 219 g/mol. The zero-order valence-electron chi connectivity index (χ0n) is 9.16. The number of aryl methyl sites for hydroxylation is 1. The number of benzene rings is 1. The molecule has 1 N–H and O–H groups in total. The molecule has 0 saturated carbocycles. The Balaban J connectivity index is 1.87. The highest BCUT2D eigenvalue weighted by Crippen LogP contribution is 2.09. The molecule has 1 heterocycles. The van der Waals surface area contributed by atoms with Gasteiger partial charge in [0.1, 0.15) is 5.82 Å². The van der Waals surface area contributed by atoms with Gasteiger partial charge in [0.05, 0.1) is 12.5 Å². The van der Waals surface area contributed by atoms with Crippen LogP contribution in [0.3, 0.4) is 0 Å². The molecular weight excluding hydrogens is 205 g/mol. The van der Waals surface area contributed by atoms with Crippen molar-refractivity contribution >= 4 is 0 Å². The lowest BCUT2D eigenvalue weighted by molar-refractivity contribution is 0.560. The molecule has 0 aliphatic carbocycles. The summed E-state index contributed by atoms with van der Waals surface area (Å²) in [5.41, 5.74) is 2.72. The van der Waals surface area contributed by atoms with Gasteiger partial charge in [0.2, 0.25) is 0 Å². The summed E-state index contributed by atoms with van der Waals surface area (Å²) < 4.78 is 18.2. The van der Waals surface area contributed by atoms with Gasteiger partial charge >= 0.3 is 0 Å². The largest absolute Gasteiger partial charge is 0.472 e. The van der Waals surface area contributed by atoms with Gasteiger partial charge < -0.3 is 9.73 Å². The van der Waals surface area contributed by atoms with Crippen molar-refractivity contribution < 1.29 is 8.81 Å². The third-order valence-corrected chi connectivity index (χ3v) is 2.47. The third-order valence-electron chi connectivity index (χ3n) is 2.47. The summed E-state index contributed by atoms with van der Waals surface area (Å²) in [7, 11) is 0. The number of nitrogens with one attached hydrogen (secondary N) is 1. The van der Waals surface area contributed by atoms with Crippen LogP contribution < -0.4 is 5.32 Å². The fourth-order valence-corrected chi connectivity index (χ4v) is 1.49. The first-order chi connectivity index (χ1) is 7.75. The van der Waals surface area contributed by atoms with Crippen molar-refractivity contribution in [3.05, 3.63) is 59.3 Å². The Morgan fingerprint density at radius 2 is 2.00 bits per heavy atom. The standard InChI is InChI=1S/C13H14FNO/c1-10-2-3-11(6-13(10)14)7-15-8-12-4-5-16-9-12/h2-6,9,15H,7-8H2,1H3. The summed E-state index contributed by atoms with van der Waals surface area (Å²) in [6.07, 6.45) is 3.34. The molecule has 0 spiro atoms. The Hall–Kier alpha value is -1.61. The number of rotatable bonds is 4. The van der Waals surface area contributed by atoms with Crippen LogP contribution in [0.1, 0.15) is 16.7 Å². The second kappa shape index (κ2) is 4.94. The molecule has 2 nitrogen and oxygen atoms in total. The highest BCUT2D eigenvalue weighted by atomic mass is 19.1. The lowest BCUT2D eigenvalue weighted by Crippen LogP contribution is -2.12. The molecule has 16 heavy (non-hydrogen) atoms. The molecule has 2 aromatic rings. The fourth-order valence-electron chi connectivity index (χ4n) is 1.49. The molecular formula is C13H14FNO. The molecule has 3 heteroatoms. The summed E-state index contributed by atoms with van der Waals surface area (Å²) in [5, 5.41) is 3.22. The first kappa shape index (κ1) is 10.9. The minimum absolute atomic E-state index is 0.150. The highest BCUT2D eigenvalue weighted by molar-refractivity contribution is 5.23. The van der Waals surface area contributed by atoms with Crippen LogP contribution in [0.2, 0.25) is 0 Å². The smallest absolute Gasteiger partial charge is 0.126 e. The Morgan fingerprint density at radius 1 is 1.19 bits per heavy atom. The van der Waals surface area contributed by atoms with Crippen molar-refractivity contribution in [2.24, 2.45) is 0 Å². The Morgan fingerprint density at radius 3 is 2.69 bits per heavy atom. The van der Waals surface area contributed by atoms with Crippen molar-refractivity contribution in [3.63, 3.8) is 0 Å². The zero-order valence-corrected chi connectivity index (χ0v) is 9.16. The van der Waals surface area contributed by atoms with Gasteiger partial charge in [0.15, 0.2) is 0 Å². The van der Waals surface area contributed by atoms with Gasteiger partial charge in [-0.15, -0.1) is 0 Å². The van der Waals surface area contributed by atoms with Crippen LogP contribution in [0.15, 0.2) is 41.2 Å². The van der Waals surface area contributed by atoms with Gasteiger partial charge in [0, 0.05) is 18.7 Å². The normalized spacial score (nSPS) is 10.6. The van der Waals surface area contributed by atoms with E-state index in [1.807, 2.05) is 12.1 Å². The SMILES string of the molecule is Cc1ccc(CNCc2ccoc2)cc1F. The molecule has 0 aliphatic rings. The maximum absolute atomic E-state index is 13.2. The molecule has 0 bridgehead atoms. The number of furan rings is 1. The van der Waals surface area contributed by atoms with Gasteiger partial charge in [-0.2, -0.15) is 0 Å². The molecule has 1 aromatic carbocycles.